The molecule has 0 unspecified atom stereocenters. The number of rotatable bonds is 4. The molecular weight excluding hydrogens is 224 g/mol. The quantitative estimate of drug-likeness (QED) is 0.733. The van der Waals surface area contributed by atoms with Crippen molar-refractivity contribution in [3.63, 3.8) is 0 Å². The van der Waals surface area contributed by atoms with E-state index >= 15 is 0 Å². The minimum Gasteiger partial charge on any atom is -0.466 e. The van der Waals surface area contributed by atoms with Crippen LogP contribution in [0.4, 0.5) is 0 Å². The Labute approximate surface area is 99.3 Å². The molecule has 6 heteroatoms. The summed E-state index contributed by atoms with van der Waals surface area (Å²) in [5, 5.41) is 3.90. The van der Waals surface area contributed by atoms with Crippen LogP contribution in [0.3, 0.4) is 0 Å². The smallest absolute Gasteiger partial charge is 0.315 e. The normalized spacial score (nSPS) is 17.0. The number of hydrogen-bond acceptors (Lipinski definition) is 6. The van der Waals surface area contributed by atoms with Crippen molar-refractivity contribution in [1.82, 2.24) is 10.1 Å². The van der Waals surface area contributed by atoms with E-state index in [9.17, 15) is 4.79 Å². The first-order valence-corrected chi connectivity index (χ1v) is 5.85. The second-order valence-electron chi connectivity index (χ2n) is 3.91. The first-order valence-electron chi connectivity index (χ1n) is 5.85. The van der Waals surface area contributed by atoms with Gasteiger partial charge in [-0.25, -0.2) is 0 Å². The van der Waals surface area contributed by atoms with Gasteiger partial charge >= 0.3 is 5.97 Å². The average molecular weight is 240 g/mol. The molecule has 94 valence electrons. The molecule has 0 N–H and O–H groups in total. The van der Waals surface area contributed by atoms with Gasteiger partial charge in [0.05, 0.1) is 6.61 Å². The van der Waals surface area contributed by atoms with E-state index in [2.05, 4.69) is 10.1 Å². The van der Waals surface area contributed by atoms with Crippen LogP contribution in [0.1, 0.15) is 37.4 Å². The minimum atomic E-state index is -0.338. The van der Waals surface area contributed by atoms with Crippen LogP contribution in [0.2, 0.25) is 0 Å². The van der Waals surface area contributed by atoms with Crippen LogP contribution in [0.15, 0.2) is 4.52 Å². The van der Waals surface area contributed by atoms with Crippen LogP contribution >= 0.6 is 0 Å². The van der Waals surface area contributed by atoms with Crippen molar-refractivity contribution in [2.75, 3.05) is 19.8 Å². The zero-order chi connectivity index (χ0) is 12.1. The molecule has 1 aliphatic rings. The number of carbonyl (C=O) groups is 1. The lowest BCUT2D eigenvalue weighted by molar-refractivity contribution is -0.142. The van der Waals surface area contributed by atoms with Gasteiger partial charge in [-0.3, -0.25) is 4.79 Å². The summed E-state index contributed by atoms with van der Waals surface area (Å²) in [6.07, 6.45) is 1.85. The first kappa shape index (κ1) is 12.0. The third kappa shape index (κ3) is 3.26. The highest BCUT2D eigenvalue weighted by Gasteiger charge is 2.22. The zero-order valence-electron chi connectivity index (χ0n) is 9.85. The van der Waals surface area contributed by atoms with Crippen molar-refractivity contribution in [2.24, 2.45) is 0 Å². The molecular formula is C11H16N2O4. The van der Waals surface area contributed by atoms with Crippen molar-refractivity contribution in [3.05, 3.63) is 11.7 Å². The van der Waals surface area contributed by atoms with Crippen LogP contribution in [-0.4, -0.2) is 35.9 Å². The molecule has 1 saturated heterocycles. The number of hydrogen-bond donors (Lipinski definition) is 0. The molecule has 2 rings (SSSR count). The molecule has 1 fully saturated rings. The summed E-state index contributed by atoms with van der Waals surface area (Å²) < 4.78 is 15.1. The number of carbonyl (C=O) groups excluding carboxylic acids is 1. The van der Waals surface area contributed by atoms with Crippen molar-refractivity contribution < 1.29 is 18.8 Å². The van der Waals surface area contributed by atoms with Gasteiger partial charge in [-0.1, -0.05) is 5.16 Å². The van der Waals surface area contributed by atoms with Crippen molar-refractivity contribution >= 4 is 5.97 Å². The highest BCUT2D eigenvalue weighted by atomic mass is 16.5. The number of nitrogens with zero attached hydrogens (tertiary/aromatic N) is 2. The number of aromatic nitrogens is 2. The van der Waals surface area contributed by atoms with E-state index in [1.807, 2.05) is 0 Å². The largest absolute Gasteiger partial charge is 0.466 e. The Balaban J connectivity index is 1.93. The summed E-state index contributed by atoms with van der Waals surface area (Å²) in [6, 6.07) is 0. The molecule has 1 aromatic rings. The number of esters is 1. The summed E-state index contributed by atoms with van der Waals surface area (Å²) in [5.74, 6) is 0.940. The van der Waals surface area contributed by atoms with E-state index in [0.717, 1.165) is 26.1 Å². The molecule has 0 aliphatic carbocycles. The fourth-order valence-corrected chi connectivity index (χ4v) is 1.80. The molecule has 0 atom stereocenters. The van der Waals surface area contributed by atoms with Crippen LogP contribution in [0.5, 0.6) is 0 Å². The van der Waals surface area contributed by atoms with Gasteiger partial charge in [-0.2, -0.15) is 4.98 Å². The van der Waals surface area contributed by atoms with Crippen LogP contribution < -0.4 is 0 Å². The maximum atomic E-state index is 11.2. The van der Waals surface area contributed by atoms with Crippen molar-refractivity contribution in [2.45, 2.75) is 32.1 Å². The molecule has 0 amide bonds. The van der Waals surface area contributed by atoms with Gasteiger partial charge in [0.1, 0.15) is 6.42 Å². The molecule has 0 aromatic carbocycles. The van der Waals surface area contributed by atoms with E-state index in [-0.39, 0.29) is 18.3 Å². The third-order valence-electron chi connectivity index (χ3n) is 2.67. The predicted molar refractivity (Wildman–Crippen MR) is 57.4 cm³/mol. The SMILES string of the molecule is CCOC(=O)Cc1nc(C2CCOCC2)no1. The lowest BCUT2D eigenvalue weighted by Crippen LogP contribution is -2.15. The van der Waals surface area contributed by atoms with Crippen LogP contribution in [0, 0.1) is 0 Å². The second-order valence-corrected chi connectivity index (χ2v) is 3.91. The van der Waals surface area contributed by atoms with Gasteiger partial charge in [-0.15, -0.1) is 0 Å². The van der Waals surface area contributed by atoms with Crippen molar-refractivity contribution in [1.29, 1.82) is 0 Å². The standard InChI is InChI=1S/C11H16N2O4/c1-2-16-10(14)7-9-12-11(13-17-9)8-3-5-15-6-4-8/h8H,2-7H2,1H3. The zero-order valence-corrected chi connectivity index (χ0v) is 9.85. The molecule has 0 spiro atoms. The monoisotopic (exact) mass is 240 g/mol. The molecule has 1 aromatic heterocycles. The summed E-state index contributed by atoms with van der Waals surface area (Å²) in [4.78, 5) is 15.4. The highest BCUT2D eigenvalue weighted by Crippen LogP contribution is 2.24. The minimum absolute atomic E-state index is 0.0457. The fraction of sp³-hybridized carbons (Fsp3) is 0.727. The van der Waals surface area contributed by atoms with E-state index in [1.165, 1.54) is 0 Å². The van der Waals surface area contributed by atoms with E-state index in [0.29, 0.717) is 18.3 Å². The van der Waals surface area contributed by atoms with E-state index < -0.39 is 0 Å². The van der Waals surface area contributed by atoms with Gasteiger partial charge in [0.25, 0.3) is 0 Å². The van der Waals surface area contributed by atoms with Crippen molar-refractivity contribution in [3.8, 4) is 0 Å². The summed E-state index contributed by atoms with van der Waals surface area (Å²) >= 11 is 0. The number of ether oxygens (including phenoxy) is 2. The molecule has 1 aliphatic heterocycles. The molecule has 0 radical (unpaired) electrons. The fourth-order valence-electron chi connectivity index (χ4n) is 1.80. The topological polar surface area (TPSA) is 74.5 Å². The molecule has 0 bridgehead atoms. The Hall–Kier alpha value is -1.43. The van der Waals surface area contributed by atoms with Crippen LogP contribution in [0.25, 0.3) is 0 Å². The maximum absolute atomic E-state index is 11.2. The molecule has 6 nitrogen and oxygen atoms in total. The first-order chi connectivity index (χ1) is 8.29. The Morgan fingerprint density at radius 1 is 1.47 bits per heavy atom. The third-order valence-corrected chi connectivity index (χ3v) is 2.67. The van der Waals surface area contributed by atoms with Gasteiger partial charge in [0.15, 0.2) is 5.82 Å². The van der Waals surface area contributed by atoms with E-state index in [1.54, 1.807) is 6.92 Å². The molecule has 0 saturated carbocycles. The van der Waals surface area contributed by atoms with Crippen LogP contribution in [-0.2, 0) is 20.7 Å². The highest BCUT2D eigenvalue weighted by molar-refractivity contribution is 5.71. The van der Waals surface area contributed by atoms with Gasteiger partial charge < -0.3 is 14.0 Å². The summed E-state index contributed by atoms with van der Waals surface area (Å²) in [5.41, 5.74) is 0. The Morgan fingerprint density at radius 2 is 2.24 bits per heavy atom. The Bertz CT molecular complexity index is 371. The van der Waals surface area contributed by atoms with Gasteiger partial charge in [-0.05, 0) is 19.8 Å². The Morgan fingerprint density at radius 3 is 2.94 bits per heavy atom. The predicted octanol–water partition coefficient (Wildman–Crippen LogP) is 1.07. The summed E-state index contributed by atoms with van der Waals surface area (Å²) in [7, 11) is 0. The lowest BCUT2D eigenvalue weighted by atomic mass is 10.00. The summed E-state index contributed by atoms with van der Waals surface area (Å²) in [6.45, 7) is 3.58. The lowest BCUT2D eigenvalue weighted by Gasteiger charge is -2.18. The second kappa shape index (κ2) is 5.77. The van der Waals surface area contributed by atoms with Gasteiger partial charge in [0, 0.05) is 19.1 Å². The van der Waals surface area contributed by atoms with E-state index in [4.69, 9.17) is 14.0 Å². The molecule has 2 heterocycles. The molecule has 17 heavy (non-hydrogen) atoms. The van der Waals surface area contributed by atoms with Gasteiger partial charge in [0.2, 0.25) is 5.89 Å². The maximum Gasteiger partial charge on any atom is 0.315 e. The average Bonchev–Trinajstić information content (AvgIpc) is 2.79. The Kier molecular flexibility index (Phi) is 4.08.